The second-order valence-electron chi connectivity index (χ2n) is 7.34. The summed E-state index contributed by atoms with van der Waals surface area (Å²) in [5.41, 5.74) is 0.108. The van der Waals surface area contributed by atoms with Crippen LogP contribution in [0.2, 0.25) is 0 Å². The minimum absolute atomic E-state index is 0.0738. The molecule has 0 fully saturated rings. The van der Waals surface area contributed by atoms with Gasteiger partial charge >= 0.3 is 12.1 Å². The topological polar surface area (TPSA) is 80.6 Å². The first kappa shape index (κ1) is 18.1. The monoisotopic (exact) mass is 310 g/mol. The van der Waals surface area contributed by atoms with Crippen molar-refractivity contribution in [1.29, 1.82) is 0 Å². The fourth-order valence-electron chi connectivity index (χ4n) is 1.86. The van der Waals surface area contributed by atoms with Crippen molar-refractivity contribution in [3.63, 3.8) is 0 Å². The van der Waals surface area contributed by atoms with Crippen molar-refractivity contribution < 1.29 is 19.4 Å². The number of carboxylic acids is 1. The minimum Gasteiger partial charge on any atom is -0.480 e. The van der Waals surface area contributed by atoms with E-state index in [1.807, 2.05) is 23.0 Å². The number of aliphatic carboxylic acids is 1. The highest BCUT2D eigenvalue weighted by Crippen LogP contribution is 2.16. The van der Waals surface area contributed by atoms with E-state index in [0.29, 0.717) is 0 Å². The van der Waals surface area contributed by atoms with E-state index in [-0.39, 0.29) is 12.0 Å². The Labute approximate surface area is 131 Å². The summed E-state index contributed by atoms with van der Waals surface area (Å²) in [7, 11) is 0. The van der Waals surface area contributed by atoms with Crippen LogP contribution in [-0.2, 0) is 21.5 Å². The van der Waals surface area contributed by atoms with Crippen LogP contribution < -0.4 is 5.32 Å². The number of nitrogens with zero attached hydrogens (tertiary/aromatic N) is 1. The molecule has 0 saturated carbocycles. The first-order valence-electron chi connectivity index (χ1n) is 7.28. The summed E-state index contributed by atoms with van der Waals surface area (Å²) in [6, 6.07) is 0.837. The van der Waals surface area contributed by atoms with Gasteiger partial charge in [-0.2, -0.15) is 0 Å². The lowest BCUT2D eigenvalue weighted by Gasteiger charge is -2.22. The number of hydrogen-bond acceptors (Lipinski definition) is 3. The Morgan fingerprint density at radius 1 is 1.27 bits per heavy atom. The lowest BCUT2D eigenvalue weighted by atomic mass is 10.1. The van der Waals surface area contributed by atoms with E-state index in [4.69, 9.17) is 4.74 Å². The number of amides is 1. The number of ether oxygens (including phenoxy) is 1. The highest BCUT2D eigenvalue weighted by Gasteiger charge is 2.25. The van der Waals surface area contributed by atoms with E-state index in [1.54, 1.807) is 20.8 Å². The van der Waals surface area contributed by atoms with Gasteiger partial charge in [0, 0.05) is 24.4 Å². The average Bonchev–Trinajstić information content (AvgIpc) is 2.73. The molecule has 0 spiro atoms. The van der Waals surface area contributed by atoms with Gasteiger partial charge in [-0.1, -0.05) is 0 Å². The van der Waals surface area contributed by atoms with Gasteiger partial charge in [-0.25, -0.2) is 9.59 Å². The Bertz CT molecular complexity index is 535. The van der Waals surface area contributed by atoms with E-state index in [9.17, 15) is 14.7 Å². The summed E-state index contributed by atoms with van der Waals surface area (Å²) >= 11 is 0. The molecular formula is C16H26N2O4. The first-order chi connectivity index (χ1) is 9.88. The number of carboxylic acid groups (broad SMARTS) is 1. The van der Waals surface area contributed by atoms with Gasteiger partial charge in [0.25, 0.3) is 0 Å². The van der Waals surface area contributed by atoms with Gasteiger partial charge in [0.2, 0.25) is 0 Å². The summed E-state index contributed by atoms with van der Waals surface area (Å²) in [5.74, 6) is -1.09. The van der Waals surface area contributed by atoms with Gasteiger partial charge in [0.15, 0.2) is 0 Å². The predicted molar refractivity (Wildman–Crippen MR) is 83.9 cm³/mol. The standard InChI is InChI=1S/C16H26N2O4/c1-15(2,3)18-8-7-11(10-18)9-12(13(19)20)17-14(21)22-16(4,5)6/h7-8,10,12H,9H2,1-6H3,(H,17,21)(H,19,20). The summed E-state index contributed by atoms with van der Waals surface area (Å²) < 4.78 is 7.11. The van der Waals surface area contributed by atoms with E-state index in [0.717, 1.165) is 5.56 Å². The van der Waals surface area contributed by atoms with Crippen LogP contribution in [0, 0.1) is 0 Å². The third kappa shape index (κ3) is 5.79. The van der Waals surface area contributed by atoms with Crippen LogP contribution >= 0.6 is 0 Å². The fourth-order valence-corrected chi connectivity index (χ4v) is 1.86. The summed E-state index contributed by atoms with van der Waals surface area (Å²) in [6.45, 7) is 11.4. The molecule has 0 aliphatic rings. The molecule has 1 atom stereocenters. The number of carbonyl (C=O) groups is 2. The Morgan fingerprint density at radius 3 is 2.27 bits per heavy atom. The number of aromatic nitrogens is 1. The van der Waals surface area contributed by atoms with Gasteiger partial charge < -0.3 is 19.7 Å². The molecule has 124 valence electrons. The molecule has 0 aromatic carbocycles. The molecule has 1 heterocycles. The van der Waals surface area contributed by atoms with Crippen molar-refractivity contribution in [2.24, 2.45) is 0 Å². The summed E-state index contributed by atoms with van der Waals surface area (Å²) in [4.78, 5) is 23.1. The number of rotatable bonds is 4. The maximum atomic E-state index is 11.7. The Morgan fingerprint density at radius 2 is 1.86 bits per heavy atom. The second-order valence-corrected chi connectivity index (χ2v) is 7.34. The van der Waals surface area contributed by atoms with E-state index >= 15 is 0 Å². The average molecular weight is 310 g/mol. The number of nitrogens with one attached hydrogen (secondary N) is 1. The van der Waals surface area contributed by atoms with E-state index < -0.39 is 23.7 Å². The first-order valence-corrected chi connectivity index (χ1v) is 7.28. The van der Waals surface area contributed by atoms with Crippen LogP contribution in [0.3, 0.4) is 0 Å². The molecule has 0 saturated heterocycles. The Kier molecular flexibility index (Phi) is 5.27. The summed E-state index contributed by atoms with van der Waals surface area (Å²) in [5, 5.41) is 11.7. The molecule has 0 bridgehead atoms. The van der Waals surface area contributed by atoms with Gasteiger partial charge in [-0.3, -0.25) is 0 Å². The maximum Gasteiger partial charge on any atom is 0.408 e. The third-order valence-electron chi connectivity index (χ3n) is 2.96. The van der Waals surface area contributed by atoms with E-state index in [2.05, 4.69) is 26.1 Å². The van der Waals surface area contributed by atoms with Crippen LogP contribution in [0.4, 0.5) is 4.79 Å². The molecule has 0 radical (unpaired) electrons. The zero-order valence-corrected chi connectivity index (χ0v) is 14.1. The molecule has 0 aliphatic heterocycles. The molecule has 1 aromatic rings. The van der Waals surface area contributed by atoms with Gasteiger partial charge in [0.1, 0.15) is 11.6 Å². The lowest BCUT2D eigenvalue weighted by Crippen LogP contribution is -2.44. The largest absolute Gasteiger partial charge is 0.480 e. The molecule has 1 aromatic heterocycles. The van der Waals surface area contributed by atoms with Crippen molar-refractivity contribution in [3.05, 3.63) is 24.0 Å². The normalized spacial score (nSPS) is 13.5. The van der Waals surface area contributed by atoms with Gasteiger partial charge in [0.05, 0.1) is 0 Å². The fraction of sp³-hybridized carbons (Fsp3) is 0.625. The number of carbonyl (C=O) groups excluding carboxylic acids is 1. The predicted octanol–water partition coefficient (Wildman–Crippen LogP) is 2.76. The Balaban J connectivity index is 2.75. The van der Waals surface area contributed by atoms with Crippen LogP contribution in [0.1, 0.15) is 47.1 Å². The Hall–Kier alpha value is -1.98. The second kappa shape index (κ2) is 6.42. The van der Waals surface area contributed by atoms with E-state index in [1.165, 1.54) is 0 Å². The van der Waals surface area contributed by atoms with Crippen molar-refractivity contribution in [3.8, 4) is 0 Å². The highest BCUT2D eigenvalue weighted by molar-refractivity contribution is 5.80. The zero-order valence-electron chi connectivity index (χ0n) is 14.1. The van der Waals surface area contributed by atoms with Crippen molar-refractivity contribution in [1.82, 2.24) is 9.88 Å². The minimum atomic E-state index is -1.09. The molecule has 6 heteroatoms. The molecular weight excluding hydrogens is 284 g/mol. The van der Waals surface area contributed by atoms with Crippen molar-refractivity contribution in [2.75, 3.05) is 0 Å². The summed E-state index contributed by atoms with van der Waals surface area (Å²) in [6.07, 6.45) is 3.28. The molecule has 1 rings (SSSR count). The lowest BCUT2D eigenvalue weighted by molar-refractivity contribution is -0.139. The maximum absolute atomic E-state index is 11.7. The third-order valence-corrected chi connectivity index (χ3v) is 2.96. The quantitative estimate of drug-likeness (QED) is 0.896. The molecule has 22 heavy (non-hydrogen) atoms. The van der Waals surface area contributed by atoms with Gasteiger partial charge in [-0.05, 0) is 53.2 Å². The highest BCUT2D eigenvalue weighted by atomic mass is 16.6. The van der Waals surface area contributed by atoms with Crippen LogP contribution in [0.25, 0.3) is 0 Å². The smallest absolute Gasteiger partial charge is 0.408 e. The molecule has 1 amide bonds. The molecule has 6 nitrogen and oxygen atoms in total. The molecule has 0 aliphatic carbocycles. The van der Waals surface area contributed by atoms with Crippen molar-refractivity contribution >= 4 is 12.1 Å². The van der Waals surface area contributed by atoms with Crippen LogP contribution in [0.5, 0.6) is 0 Å². The van der Waals surface area contributed by atoms with Crippen molar-refractivity contribution in [2.45, 2.75) is 65.1 Å². The number of alkyl carbamates (subject to hydrolysis) is 1. The van der Waals surface area contributed by atoms with Crippen LogP contribution in [0.15, 0.2) is 18.5 Å². The van der Waals surface area contributed by atoms with Gasteiger partial charge in [-0.15, -0.1) is 0 Å². The van der Waals surface area contributed by atoms with Crippen LogP contribution in [-0.4, -0.2) is 33.4 Å². The SMILES string of the molecule is CC(C)(C)OC(=O)NC(Cc1ccn(C(C)(C)C)c1)C(=O)O. The molecule has 1 unspecified atom stereocenters. The zero-order chi connectivity index (χ0) is 17.1. The number of hydrogen-bond donors (Lipinski definition) is 2. The molecule has 2 N–H and O–H groups in total.